The van der Waals surface area contributed by atoms with E-state index in [-0.39, 0.29) is 24.7 Å². The van der Waals surface area contributed by atoms with Gasteiger partial charge in [0.25, 0.3) is 5.91 Å². The molecule has 0 spiro atoms. The van der Waals surface area contributed by atoms with E-state index in [1.807, 2.05) is 0 Å². The number of carboxylic acid groups (broad SMARTS) is 1. The highest BCUT2D eigenvalue weighted by atomic mass is 79.9. The molecule has 0 saturated carbocycles. The fourth-order valence-electron chi connectivity index (χ4n) is 2.73. The molecule has 1 fully saturated rings. The summed E-state index contributed by atoms with van der Waals surface area (Å²) in [6.07, 6.45) is 1.73. The molecule has 0 aromatic heterocycles. The van der Waals surface area contributed by atoms with Gasteiger partial charge in [-0.15, -0.1) is 0 Å². The molecule has 1 aliphatic rings. The van der Waals surface area contributed by atoms with E-state index >= 15 is 0 Å². The maximum absolute atomic E-state index is 12.7. The molecule has 2 aromatic rings. The number of hydrogen-bond acceptors (Lipinski definition) is 7. The van der Waals surface area contributed by atoms with E-state index in [1.54, 1.807) is 44.3 Å². The summed E-state index contributed by atoms with van der Waals surface area (Å²) in [5.74, 6) is -1.25. The van der Waals surface area contributed by atoms with E-state index in [1.165, 1.54) is 28.8 Å². The molecule has 1 heterocycles. The number of aromatic carboxylic acids is 1. The van der Waals surface area contributed by atoms with Crippen molar-refractivity contribution in [3.05, 3.63) is 61.4 Å². The van der Waals surface area contributed by atoms with E-state index in [0.29, 0.717) is 30.5 Å². The lowest BCUT2D eigenvalue weighted by Gasteiger charge is -2.11. The number of likely N-dealkylation sites (N-methyl/N-ethyl adjacent to an activating group) is 1. The van der Waals surface area contributed by atoms with Crippen LogP contribution in [0.3, 0.4) is 0 Å². The minimum atomic E-state index is -1.02. The molecule has 0 aliphatic carbocycles. The van der Waals surface area contributed by atoms with E-state index in [4.69, 9.17) is 14.6 Å². The van der Waals surface area contributed by atoms with Crippen LogP contribution >= 0.6 is 43.6 Å². The number of ether oxygens (including phenoxy) is 2. The van der Waals surface area contributed by atoms with Gasteiger partial charge in [0.1, 0.15) is 5.75 Å². The molecular weight excluding hydrogens is 580 g/mol. The SMILES string of the molecule is CCOC(=O)COc1c(Br)cc(/C=C2\SC(=Nc3ccc(C(=O)O)cc3)N(C)C2=O)cc1Br. The first-order valence-electron chi connectivity index (χ1n) is 9.56. The lowest BCUT2D eigenvalue weighted by atomic mass is 10.2. The maximum Gasteiger partial charge on any atom is 0.344 e. The molecule has 11 heteroatoms. The predicted molar refractivity (Wildman–Crippen MR) is 133 cm³/mol. The second kappa shape index (κ2) is 11.0. The maximum atomic E-state index is 12.7. The Morgan fingerprint density at radius 3 is 2.39 bits per heavy atom. The van der Waals surface area contributed by atoms with Crippen molar-refractivity contribution in [1.82, 2.24) is 4.90 Å². The molecule has 172 valence electrons. The third-order valence-electron chi connectivity index (χ3n) is 4.30. The van der Waals surface area contributed by atoms with Crippen LogP contribution in [0.2, 0.25) is 0 Å². The van der Waals surface area contributed by atoms with E-state index in [2.05, 4.69) is 36.9 Å². The first-order chi connectivity index (χ1) is 15.7. The number of halogens is 2. The fraction of sp³-hybridized carbons (Fsp3) is 0.182. The zero-order chi connectivity index (χ0) is 24.1. The summed E-state index contributed by atoms with van der Waals surface area (Å²) in [7, 11) is 1.62. The van der Waals surface area contributed by atoms with Crippen LogP contribution in [0.15, 0.2) is 55.2 Å². The second-order valence-corrected chi connectivity index (χ2v) is 9.35. The summed E-state index contributed by atoms with van der Waals surface area (Å²) in [5.41, 5.74) is 1.43. The molecule has 1 aliphatic heterocycles. The van der Waals surface area contributed by atoms with Gasteiger partial charge in [-0.2, -0.15) is 0 Å². The van der Waals surface area contributed by atoms with Crippen molar-refractivity contribution in [1.29, 1.82) is 0 Å². The highest BCUT2D eigenvalue weighted by Crippen LogP contribution is 2.38. The zero-order valence-corrected chi connectivity index (χ0v) is 21.5. The minimum absolute atomic E-state index is 0.161. The Hall–Kier alpha value is -2.63. The smallest absolute Gasteiger partial charge is 0.344 e. The minimum Gasteiger partial charge on any atom is -0.480 e. The molecule has 1 amide bonds. The van der Waals surface area contributed by atoms with Gasteiger partial charge in [-0.3, -0.25) is 9.69 Å². The normalized spacial score (nSPS) is 15.9. The second-order valence-electron chi connectivity index (χ2n) is 6.63. The molecule has 0 radical (unpaired) electrons. The predicted octanol–water partition coefficient (Wildman–Crippen LogP) is 5.09. The number of hydrogen-bond donors (Lipinski definition) is 1. The molecule has 8 nitrogen and oxygen atoms in total. The number of carboxylic acids is 1. The molecule has 0 unspecified atom stereocenters. The number of nitrogens with zero attached hydrogens (tertiary/aromatic N) is 2. The molecule has 1 saturated heterocycles. The Labute approximate surface area is 210 Å². The number of carbonyl (C=O) groups excluding carboxylic acids is 2. The number of aliphatic imine (C=N–C) groups is 1. The van der Waals surface area contributed by atoms with Crippen molar-refractivity contribution in [3.63, 3.8) is 0 Å². The Bertz CT molecular complexity index is 1140. The van der Waals surface area contributed by atoms with Crippen molar-refractivity contribution in [2.45, 2.75) is 6.92 Å². The summed E-state index contributed by atoms with van der Waals surface area (Å²) in [5, 5.41) is 9.48. The van der Waals surface area contributed by atoms with Gasteiger partial charge in [0.05, 0.1) is 31.7 Å². The quantitative estimate of drug-likeness (QED) is 0.350. The summed E-state index contributed by atoms with van der Waals surface area (Å²) in [4.78, 5) is 41.6. The summed E-state index contributed by atoms with van der Waals surface area (Å²) >= 11 is 8.07. The van der Waals surface area contributed by atoms with Crippen molar-refractivity contribution in [2.75, 3.05) is 20.3 Å². The topological polar surface area (TPSA) is 106 Å². The molecule has 0 bridgehead atoms. The van der Waals surface area contributed by atoms with Crippen molar-refractivity contribution in [3.8, 4) is 5.75 Å². The van der Waals surface area contributed by atoms with Crippen LogP contribution in [0.4, 0.5) is 5.69 Å². The van der Waals surface area contributed by atoms with Crippen molar-refractivity contribution in [2.24, 2.45) is 4.99 Å². The van der Waals surface area contributed by atoms with Gasteiger partial charge < -0.3 is 14.6 Å². The van der Waals surface area contributed by atoms with Crippen LogP contribution in [-0.4, -0.2) is 53.3 Å². The summed E-state index contributed by atoms with van der Waals surface area (Å²) in [6, 6.07) is 9.62. The number of carbonyl (C=O) groups is 3. The zero-order valence-electron chi connectivity index (χ0n) is 17.5. The van der Waals surface area contributed by atoms with Gasteiger partial charge in [0.2, 0.25) is 0 Å². The number of amidine groups is 1. The standard InChI is InChI=1S/C22H18Br2N2O6S/c1-3-31-18(27)11-32-19-15(23)8-12(9-16(19)24)10-17-20(28)26(2)22(33-17)25-14-6-4-13(5-7-14)21(29)30/h4-10H,3,11H2,1-2H3,(H,29,30)/b17-10-,25-22?. The van der Waals surface area contributed by atoms with Crippen LogP contribution in [0, 0.1) is 0 Å². The van der Waals surface area contributed by atoms with Crippen LogP contribution in [0.1, 0.15) is 22.8 Å². The number of thioether (sulfide) groups is 1. The van der Waals surface area contributed by atoms with Gasteiger partial charge in [0.15, 0.2) is 11.8 Å². The number of benzene rings is 2. The van der Waals surface area contributed by atoms with Gasteiger partial charge in [-0.05, 0) is 98.6 Å². The fourth-order valence-corrected chi connectivity index (χ4v) is 5.16. The summed E-state index contributed by atoms with van der Waals surface area (Å²) < 4.78 is 11.6. The lowest BCUT2D eigenvalue weighted by molar-refractivity contribution is -0.145. The van der Waals surface area contributed by atoms with Crippen molar-refractivity contribution < 1.29 is 29.0 Å². The monoisotopic (exact) mass is 596 g/mol. The van der Waals surface area contributed by atoms with Gasteiger partial charge in [-0.25, -0.2) is 14.6 Å². The van der Waals surface area contributed by atoms with E-state index in [9.17, 15) is 14.4 Å². The van der Waals surface area contributed by atoms with Crippen molar-refractivity contribution >= 4 is 78.4 Å². The Kier molecular flexibility index (Phi) is 8.33. The highest BCUT2D eigenvalue weighted by Gasteiger charge is 2.30. The molecule has 0 atom stereocenters. The molecule has 3 rings (SSSR count). The number of amides is 1. The van der Waals surface area contributed by atoms with Crippen LogP contribution in [0.25, 0.3) is 6.08 Å². The average molecular weight is 598 g/mol. The number of esters is 1. The van der Waals surface area contributed by atoms with Crippen LogP contribution in [-0.2, 0) is 14.3 Å². The third kappa shape index (κ3) is 6.24. The average Bonchev–Trinajstić information content (AvgIpc) is 3.01. The Morgan fingerprint density at radius 2 is 1.82 bits per heavy atom. The Balaban J connectivity index is 1.79. The van der Waals surface area contributed by atoms with E-state index < -0.39 is 11.9 Å². The van der Waals surface area contributed by atoms with Crippen LogP contribution < -0.4 is 4.74 Å². The summed E-state index contributed by atoms with van der Waals surface area (Å²) in [6.45, 7) is 1.77. The number of rotatable bonds is 7. The lowest BCUT2D eigenvalue weighted by Crippen LogP contribution is -2.23. The Morgan fingerprint density at radius 1 is 1.18 bits per heavy atom. The van der Waals surface area contributed by atoms with Crippen LogP contribution in [0.5, 0.6) is 5.75 Å². The van der Waals surface area contributed by atoms with Gasteiger partial charge in [0, 0.05) is 7.05 Å². The largest absolute Gasteiger partial charge is 0.480 e. The van der Waals surface area contributed by atoms with Gasteiger partial charge in [-0.1, -0.05) is 0 Å². The van der Waals surface area contributed by atoms with Gasteiger partial charge >= 0.3 is 11.9 Å². The molecule has 33 heavy (non-hydrogen) atoms. The molecule has 1 N–H and O–H groups in total. The molecular formula is C22H18Br2N2O6S. The highest BCUT2D eigenvalue weighted by molar-refractivity contribution is 9.11. The third-order valence-corrected chi connectivity index (χ3v) is 6.54. The molecule has 2 aromatic carbocycles. The van der Waals surface area contributed by atoms with E-state index in [0.717, 1.165) is 5.56 Å². The first kappa shape index (κ1) is 25.0. The first-order valence-corrected chi connectivity index (χ1v) is 12.0.